The van der Waals surface area contributed by atoms with Crippen molar-refractivity contribution in [2.75, 3.05) is 20.6 Å². The molecule has 0 radical (unpaired) electrons. The Morgan fingerprint density at radius 2 is 1.71 bits per heavy atom. The van der Waals surface area contributed by atoms with Crippen LogP contribution in [-0.4, -0.2) is 50.6 Å². The van der Waals surface area contributed by atoms with Gasteiger partial charge in [-0.2, -0.15) is 0 Å². The number of hydrogen-bond acceptors (Lipinski definition) is 4. The molecule has 0 heterocycles. The molecule has 2 unspecified atom stereocenters. The standard InChI is InChI=1S/C13H27N5O3/c1-8(2)10(15-3)12(20)18-9(11(19)16-4)6-5-7-17-13(14)21/h8-10,15H,5-7H2,1-4H3,(H,16,19)(H,18,20)(H3,14,17,21). The van der Waals surface area contributed by atoms with Gasteiger partial charge in [0.05, 0.1) is 6.04 Å². The van der Waals surface area contributed by atoms with Crippen molar-refractivity contribution in [1.82, 2.24) is 21.3 Å². The molecule has 0 saturated carbocycles. The van der Waals surface area contributed by atoms with Gasteiger partial charge in [-0.25, -0.2) is 4.79 Å². The summed E-state index contributed by atoms with van der Waals surface area (Å²) in [5.74, 6) is -0.373. The molecule has 0 aromatic carbocycles. The molecule has 0 rings (SSSR count). The van der Waals surface area contributed by atoms with Crippen molar-refractivity contribution in [3.8, 4) is 0 Å². The second kappa shape index (κ2) is 9.98. The lowest BCUT2D eigenvalue weighted by atomic mass is 10.0. The number of primary amides is 1. The molecule has 0 aliphatic rings. The Morgan fingerprint density at radius 1 is 1.10 bits per heavy atom. The summed E-state index contributed by atoms with van der Waals surface area (Å²) in [6.45, 7) is 4.21. The van der Waals surface area contributed by atoms with E-state index in [4.69, 9.17) is 5.73 Å². The first-order chi connectivity index (χ1) is 9.83. The van der Waals surface area contributed by atoms with Gasteiger partial charge in [-0.3, -0.25) is 9.59 Å². The van der Waals surface area contributed by atoms with Crippen molar-refractivity contribution in [2.24, 2.45) is 11.7 Å². The van der Waals surface area contributed by atoms with Crippen LogP contribution in [0, 0.1) is 5.92 Å². The smallest absolute Gasteiger partial charge is 0.312 e. The summed E-state index contributed by atoms with van der Waals surface area (Å²) in [5, 5.41) is 10.6. The van der Waals surface area contributed by atoms with Gasteiger partial charge in [0.1, 0.15) is 6.04 Å². The number of nitrogens with two attached hydrogens (primary N) is 1. The molecule has 0 aliphatic carbocycles. The van der Waals surface area contributed by atoms with Crippen molar-refractivity contribution in [1.29, 1.82) is 0 Å². The van der Waals surface area contributed by atoms with E-state index in [1.165, 1.54) is 7.05 Å². The fourth-order valence-electron chi connectivity index (χ4n) is 1.99. The van der Waals surface area contributed by atoms with Crippen LogP contribution in [0.15, 0.2) is 0 Å². The van der Waals surface area contributed by atoms with E-state index < -0.39 is 12.1 Å². The van der Waals surface area contributed by atoms with Crippen molar-refractivity contribution in [2.45, 2.75) is 38.8 Å². The highest BCUT2D eigenvalue weighted by Crippen LogP contribution is 2.04. The Bertz CT molecular complexity index is 360. The van der Waals surface area contributed by atoms with Crippen molar-refractivity contribution in [3.63, 3.8) is 0 Å². The lowest BCUT2D eigenvalue weighted by molar-refractivity contribution is -0.130. The number of carbonyl (C=O) groups excluding carboxylic acids is 3. The largest absolute Gasteiger partial charge is 0.357 e. The Kier molecular flexibility index (Phi) is 9.11. The van der Waals surface area contributed by atoms with Crippen molar-refractivity contribution >= 4 is 17.8 Å². The van der Waals surface area contributed by atoms with E-state index in [1.54, 1.807) is 7.05 Å². The maximum absolute atomic E-state index is 12.1. The lowest BCUT2D eigenvalue weighted by Crippen LogP contribution is -2.53. The van der Waals surface area contributed by atoms with E-state index in [1.807, 2.05) is 13.8 Å². The van der Waals surface area contributed by atoms with E-state index >= 15 is 0 Å². The highest BCUT2D eigenvalue weighted by atomic mass is 16.2. The highest BCUT2D eigenvalue weighted by Gasteiger charge is 2.25. The Hall–Kier alpha value is -1.83. The Labute approximate surface area is 125 Å². The zero-order valence-corrected chi connectivity index (χ0v) is 13.2. The minimum atomic E-state index is -0.633. The maximum Gasteiger partial charge on any atom is 0.312 e. The first-order valence-electron chi connectivity index (χ1n) is 7.06. The zero-order chi connectivity index (χ0) is 16.4. The molecule has 0 bridgehead atoms. The summed E-state index contributed by atoms with van der Waals surface area (Å²) in [6, 6.07) is -1.60. The number of nitrogens with one attached hydrogen (secondary N) is 4. The van der Waals surface area contributed by atoms with Gasteiger partial charge in [-0.1, -0.05) is 13.8 Å². The Morgan fingerprint density at radius 3 is 2.14 bits per heavy atom. The highest BCUT2D eigenvalue weighted by molar-refractivity contribution is 5.89. The molecule has 8 heteroatoms. The zero-order valence-electron chi connectivity index (χ0n) is 13.2. The van der Waals surface area contributed by atoms with Gasteiger partial charge in [-0.15, -0.1) is 0 Å². The van der Waals surface area contributed by atoms with Gasteiger partial charge in [0, 0.05) is 13.6 Å². The number of hydrogen-bond donors (Lipinski definition) is 5. The molecule has 2 atom stereocenters. The molecule has 0 fully saturated rings. The summed E-state index contributed by atoms with van der Waals surface area (Å²) < 4.78 is 0. The first-order valence-corrected chi connectivity index (χ1v) is 7.06. The van der Waals surface area contributed by atoms with Gasteiger partial charge >= 0.3 is 6.03 Å². The number of rotatable bonds is 9. The molecule has 0 aliphatic heterocycles. The molecule has 0 saturated heterocycles. The minimum absolute atomic E-state index is 0.108. The summed E-state index contributed by atoms with van der Waals surface area (Å²) in [6.07, 6.45) is 0.952. The summed E-state index contributed by atoms with van der Waals surface area (Å²) in [5.41, 5.74) is 4.96. The van der Waals surface area contributed by atoms with Crippen LogP contribution in [0.4, 0.5) is 4.79 Å². The van der Waals surface area contributed by atoms with Crippen molar-refractivity contribution in [3.05, 3.63) is 0 Å². The van der Waals surface area contributed by atoms with Gasteiger partial charge in [-0.05, 0) is 25.8 Å². The molecule has 0 aromatic rings. The third-order valence-electron chi connectivity index (χ3n) is 3.11. The van der Waals surface area contributed by atoms with Gasteiger partial charge in [0.15, 0.2) is 0 Å². The molecule has 6 N–H and O–H groups in total. The quantitative estimate of drug-likeness (QED) is 0.347. The SMILES string of the molecule is CNC(=O)C(CCCNC(N)=O)NC(=O)C(NC)C(C)C. The fraction of sp³-hybridized carbons (Fsp3) is 0.769. The third kappa shape index (κ3) is 7.50. The molecule has 0 aromatic heterocycles. The second-order valence-corrected chi connectivity index (χ2v) is 5.12. The van der Waals surface area contributed by atoms with Gasteiger partial charge < -0.3 is 27.0 Å². The maximum atomic E-state index is 12.1. The molecule has 8 nitrogen and oxygen atoms in total. The molecule has 21 heavy (non-hydrogen) atoms. The fourth-order valence-corrected chi connectivity index (χ4v) is 1.99. The van der Waals surface area contributed by atoms with E-state index in [9.17, 15) is 14.4 Å². The van der Waals surface area contributed by atoms with Crippen LogP contribution >= 0.6 is 0 Å². The molecular weight excluding hydrogens is 274 g/mol. The van der Waals surface area contributed by atoms with E-state index in [2.05, 4.69) is 21.3 Å². The monoisotopic (exact) mass is 301 g/mol. The Balaban J connectivity index is 4.51. The second-order valence-electron chi connectivity index (χ2n) is 5.12. The number of likely N-dealkylation sites (N-methyl/N-ethyl adjacent to an activating group) is 2. The van der Waals surface area contributed by atoms with Crippen LogP contribution in [-0.2, 0) is 9.59 Å². The third-order valence-corrected chi connectivity index (χ3v) is 3.11. The molecule has 4 amide bonds. The topological polar surface area (TPSA) is 125 Å². The van der Waals surface area contributed by atoms with Gasteiger partial charge in [0.2, 0.25) is 11.8 Å². The summed E-state index contributed by atoms with van der Waals surface area (Å²) >= 11 is 0. The summed E-state index contributed by atoms with van der Waals surface area (Å²) in [4.78, 5) is 34.5. The van der Waals surface area contributed by atoms with E-state index in [-0.39, 0.29) is 23.8 Å². The number of urea groups is 1. The number of amides is 4. The van der Waals surface area contributed by atoms with Crippen LogP contribution in [0.3, 0.4) is 0 Å². The van der Waals surface area contributed by atoms with Crippen LogP contribution in [0.2, 0.25) is 0 Å². The molecule has 122 valence electrons. The molecule has 0 spiro atoms. The molecular formula is C13H27N5O3. The van der Waals surface area contributed by atoms with Crippen LogP contribution < -0.4 is 27.0 Å². The van der Waals surface area contributed by atoms with Crippen LogP contribution in [0.25, 0.3) is 0 Å². The van der Waals surface area contributed by atoms with Crippen LogP contribution in [0.5, 0.6) is 0 Å². The van der Waals surface area contributed by atoms with Gasteiger partial charge in [0.25, 0.3) is 0 Å². The summed E-state index contributed by atoms with van der Waals surface area (Å²) in [7, 11) is 3.22. The predicted octanol–water partition coefficient (Wildman–Crippen LogP) is -1.09. The number of carbonyl (C=O) groups is 3. The average molecular weight is 301 g/mol. The van der Waals surface area contributed by atoms with Crippen LogP contribution in [0.1, 0.15) is 26.7 Å². The normalized spacial score (nSPS) is 13.4. The van der Waals surface area contributed by atoms with E-state index in [0.29, 0.717) is 19.4 Å². The lowest BCUT2D eigenvalue weighted by Gasteiger charge is -2.23. The minimum Gasteiger partial charge on any atom is -0.357 e. The average Bonchev–Trinajstić information content (AvgIpc) is 2.41. The van der Waals surface area contributed by atoms with E-state index in [0.717, 1.165) is 0 Å². The van der Waals surface area contributed by atoms with Crippen molar-refractivity contribution < 1.29 is 14.4 Å². The first kappa shape index (κ1) is 19.2. The predicted molar refractivity (Wildman–Crippen MR) is 80.5 cm³/mol.